The normalized spacial score (nSPS) is 13.6. The number of hydrogen-bond acceptors (Lipinski definition) is 3. The maximum absolute atomic E-state index is 12.1. The largest absolute Gasteiger partial charge is 0.480 e. The summed E-state index contributed by atoms with van der Waals surface area (Å²) in [6, 6.07) is 6.25. The molecule has 0 fully saturated rings. The number of carbonyl (C=O) groups is 3. The van der Waals surface area contributed by atoms with Crippen LogP contribution in [0.2, 0.25) is 0 Å². The van der Waals surface area contributed by atoms with Crippen LogP contribution in [0.4, 0.5) is 0 Å². The summed E-state index contributed by atoms with van der Waals surface area (Å²) in [6.45, 7) is 9.61. The Hall–Kier alpha value is -2.37. The topological polar surface area (TPSA) is 95.5 Å². The number of nitrogens with one attached hydrogen (secondary N) is 2. The monoisotopic (exact) mass is 348 g/mol. The zero-order valence-electron chi connectivity index (χ0n) is 15.6. The van der Waals surface area contributed by atoms with Crippen LogP contribution in [-0.2, 0) is 15.0 Å². The minimum Gasteiger partial charge on any atom is -0.480 e. The van der Waals surface area contributed by atoms with E-state index >= 15 is 0 Å². The highest BCUT2D eigenvalue weighted by atomic mass is 16.4. The molecule has 0 heterocycles. The molecule has 0 aliphatic heterocycles. The van der Waals surface area contributed by atoms with E-state index in [9.17, 15) is 14.4 Å². The lowest BCUT2D eigenvalue weighted by molar-refractivity contribution is -0.143. The zero-order valence-corrected chi connectivity index (χ0v) is 15.6. The van der Waals surface area contributed by atoms with Crippen molar-refractivity contribution in [1.29, 1.82) is 0 Å². The second-order valence-corrected chi connectivity index (χ2v) is 7.28. The minimum atomic E-state index is -1.08. The fourth-order valence-electron chi connectivity index (χ4n) is 2.29. The Morgan fingerprint density at radius 3 is 2.12 bits per heavy atom. The van der Waals surface area contributed by atoms with E-state index in [1.54, 1.807) is 19.1 Å². The molecule has 1 rings (SSSR count). The predicted octanol–water partition coefficient (Wildman–Crippen LogP) is 2.33. The number of carbonyl (C=O) groups excluding carboxylic acids is 2. The van der Waals surface area contributed by atoms with Gasteiger partial charge in [0.15, 0.2) is 0 Å². The van der Waals surface area contributed by atoms with Gasteiger partial charge in [-0.05, 0) is 29.0 Å². The van der Waals surface area contributed by atoms with Crippen molar-refractivity contribution in [3.8, 4) is 0 Å². The van der Waals surface area contributed by atoms with Gasteiger partial charge in [-0.1, -0.05) is 53.2 Å². The first kappa shape index (κ1) is 20.7. The first-order chi connectivity index (χ1) is 11.6. The van der Waals surface area contributed by atoms with Crippen LogP contribution in [0.1, 0.15) is 57.0 Å². The minimum absolute atomic E-state index is 0.00327. The van der Waals surface area contributed by atoms with E-state index in [0.717, 1.165) is 5.56 Å². The lowest BCUT2D eigenvalue weighted by Crippen LogP contribution is -2.48. The number of amides is 2. The third kappa shape index (κ3) is 6.21. The Morgan fingerprint density at radius 2 is 1.68 bits per heavy atom. The van der Waals surface area contributed by atoms with Gasteiger partial charge in [-0.3, -0.25) is 9.59 Å². The maximum atomic E-state index is 12.1. The van der Waals surface area contributed by atoms with Crippen LogP contribution in [0.3, 0.4) is 0 Å². The van der Waals surface area contributed by atoms with E-state index in [0.29, 0.717) is 12.0 Å². The van der Waals surface area contributed by atoms with Gasteiger partial charge in [0, 0.05) is 5.56 Å². The SMILES string of the molecule is CC[C@H](C)[C@H](NC(=O)CNC(=O)c1ccc(C(C)(C)C)cc1)C(=O)O. The second-order valence-electron chi connectivity index (χ2n) is 7.28. The van der Waals surface area contributed by atoms with Gasteiger partial charge in [-0.25, -0.2) is 4.79 Å². The third-order valence-corrected chi connectivity index (χ3v) is 4.22. The quantitative estimate of drug-likeness (QED) is 0.705. The zero-order chi connectivity index (χ0) is 19.2. The van der Waals surface area contributed by atoms with Crippen LogP contribution < -0.4 is 10.6 Å². The van der Waals surface area contributed by atoms with Gasteiger partial charge in [0.2, 0.25) is 5.91 Å². The molecule has 0 saturated heterocycles. The molecule has 0 unspecified atom stereocenters. The Labute approximate surface area is 149 Å². The molecule has 0 spiro atoms. The van der Waals surface area contributed by atoms with Gasteiger partial charge in [0.05, 0.1) is 6.54 Å². The average Bonchev–Trinajstić information content (AvgIpc) is 2.55. The van der Waals surface area contributed by atoms with Crippen molar-refractivity contribution in [1.82, 2.24) is 10.6 Å². The summed E-state index contributed by atoms with van der Waals surface area (Å²) in [5.41, 5.74) is 1.56. The van der Waals surface area contributed by atoms with E-state index in [2.05, 4.69) is 31.4 Å². The lowest BCUT2D eigenvalue weighted by Gasteiger charge is -2.20. The van der Waals surface area contributed by atoms with Gasteiger partial charge >= 0.3 is 5.97 Å². The molecule has 0 radical (unpaired) electrons. The molecule has 0 bridgehead atoms. The molecule has 25 heavy (non-hydrogen) atoms. The molecule has 0 saturated carbocycles. The molecular weight excluding hydrogens is 320 g/mol. The molecule has 0 aromatic heterocycles. The van der Waals surface area contributed by atoms with Crippen molar-refractivity contribution < 1.29 is 19.5 Å². The summed E-state index contributed by atoms with van der Waals surface area (Å²) in [5, 5.41) is 14.1. The highest BCUT2D eigenvalue weighted by Gasteiger charge is 2.25. The Balaban J connectivity index is 2.61. The summed E-state index contributed by atoms with van der Waals surface area (Å²) < 4.78 is 0. The van der Waals surface area contributed by atoms with E-state index in [1.807, 2.05) is 19.1 Å². The summed E-state index contributed by atoms with van der Waals surface area (Å²) >= 11 is 0. The van der Waals surface area contributed by atoms with Crippen LogP contribution in [0.5, 0.6) is 0 Å². The van der Waals surface area contributed by atoms with Crippen molar-refractivity contribution in [3.63, 3.8) is 0 Å². The van der Waals surface area contributed by atoms with E-state index in [-0.39, 0.29) is 23.8 Å². The first-order valence-electron chi connectivity index (χ1n) is 8.47. The van der Waals surface area contributed by atoms with Crippen LogP contribution >= 0.6 is 0 Å². The number of carboxylic acids is 1. The summed E-state index contributed by atoms with van der Waals surface area (Å²) in [6.07, 6.45) is 0.629. The van der Waals surface area contributed by atoms with Crippen molar-refractivity contribution >= 4 is 17.8 Å². The number of carboxylic acid groups (broad SMARTS) is 1. The van der Waals surface area contributed by atoms with E-state index < -0.39 is 17.9 Å². The van der Waals surface area contributed by atoms with Gasteiger partial charge in [0.25, 0.3) is 5.91 Å². The van der Waals surface area contributed by atoms with Crippen molar-refractivity contribution in [3.05, 3.63) is 35.4 Å². The molecule has 2 atom stereocenters. The predicted molar refractivity (Wildman–Crippen MR) is 96.5 cm³/mol. The molecule has 138 valence electrons. The van der Waals surface area contributed by atoms with Gasteiger partial charge in [0.1, 0.15) is 6.04 Å². The van der Waals surface area contributed by atoms with Crippen LogP contribution in [0.15, 0.2) is 24.3 Å². The van der Waals surface area contributed by atoms with Gasteiger partial charge < -0.3 is 15.7 Å². The van der Waals surface area contributed by atoms with Gasteiger partial charge in [-0.15, -0.1) is 0 Å². The Kier molecular flexibility index (Phi) is 7.15. The molecule has 3 N–H and O–H groups in total. The standard InChI is InChI=1S/C19H28N2O4/c1-6-12(2)16(18(24)25)21-15(22)11-20-17(23)13-7-9-14(10-8-13)19(3,4)5/h7-10,12,16H,6,11H2,1-5H3,(H,20,23)(H,21,22)(H,24,25)/t12-,16-/m0/s1. The van der Waals surface area contributed by atoms with Crippen molar-refractivity contribution in [2.45, 2.75) is 52.5 Å². The highest BCUT2D eigenvalue weighted by Crippen LogP contribution is 2.22. The second kappa shape index (κ2) is 8.65. The smallest absolute Gasteiger partial charge is 0.326 e. The summed E-state index contributed by atoms with van der Waals surface area (Å²) in [7, 11) is 0. The molecule has 2 amide bonds. The molecule has 6 nitrogen and oxygen atoms in total. The summed E-state index contributed by atoms with van der Waals surface area (Å²) in [5.74, 6) is -2.16. The molecule has 0 aliphatic carbocycles. The van der Waals surface area contributed by atoms with Crippen molar-refractivity contribution in [2.75, 3.05) is 6.54 Å². The van der Waals surface area contributed by atoms with E-state index in [1.165, 1.54) is 0 Å². The molecule has 6 heteroatoms. The number of benzene rings is 1. The number of hydrogen-bond donors (Lipinski definition) is 3. The Morgan fingerprint density at radius 1 is 1.12 bits per heavy atom. The Bertz CT molecular complexity index is 617. The molecule has 1 aromatic carbocycles. The van der Waals surface area contributed by atoms with Crippen LogP contribution in [0.25, 0.3) is 0 Å². The number of aliphatic carboxylic acids is 1. The fraction of sp³-hybridized carbons (Fsp3) is 0.526. The highest BCUT2D eigenvalue weighted by molar-refractivity contribution is 5.96. The van der Waals surface area contributed by atoms with Crippen molar-refractivity contribution in [2.24, 2.45) is 5.92 Å². The van der Waals surface area contributed by atoms with E-state index in [4.69, 9.17) is 5.11 Å². The fourth-order valence-corrected chi connectivity index (χ4v) is 2.29. The van der Waals surface area contributed by atoms with Gasteiger partial charge in [-0.2, -0.15) is 0 Å². The first-order valence-corrected chi connectivity index (χ1v) is 8.47. The van der Waals surface area contributed by atoms with Crippen LogP contribution in [-0.4, -0.2) is 35.5 Å². The molecule has 1 aromatic rings. The third-order valence-electron chi connectivity index (χ3n) is 4.22. The maximum Gasteiger partial charge on any atom is 0.326 e. The molecule has 0 aliphatic rings. The average molecular weight is 348 g/mol. The summed E-state index contributed by atoms with van der Waals surface area (Å²) in [4.78, 5) is 35.2. The molecular formula is C19H28N2O4. The van der Waals surface area contributed by atoms with Crippen LogP contribution in [0, 0.1) is 5.92 Å². The number of rotatable bonds is 7. The lowest BCUT2D eigenvalue weighted by atomic mass is 9.87.